The van der Waals surface area contributed by atoms with Crippen LogP contribution in [0.25, 0.3) is 0 Å². The Bertz CT molecular complexity index is 724. The largest absolute Gasteiger partial charge is 0.384 e. The van der Waals surface area contributed by atoms with Gasteiger partial charge in [-0.3, -0.25) is 10.8 Å². The third-order valence-corrected chi connectivity index (χ3v) is 2.90. The summed E-state index contributed by atoms with van der Waals surface area (Å²) < 4.78 is 0. The Morgan fingerprint density at radius 2 is 1.17 bits per heavy atom. The van der Waals surface area contributed by atoms with E-state index in [1.54, 1.807) is 48.5 Å². The maximum absolute atomic E-state index is 7.33. The van der Waals surface area contributed by atoms with E-state index in [1.165, 1.54) is 0 Å². The van der Waals surface area contributed by atoms with Gasteiger partial charge >= 0.3 is 0 Å². The quantitative estimate of drug-likeness (QED) is 0.362. The zero-order valence-corrected chi connectivity index (χ0v) is 14.2. The topological polar surface area (TPSA) is 150 Å². The van der Waals surface area contributed by atoms with Gasteiger partial charge in [0, 0.05) is 16.8 Å². The standard InChI is InChI=1S/C15H17N7.2ClH/c16-13(17)9-1-5-11(6-2-9)21-15(20)22-12-7-3-10(4-8-12)14(18)19;;/h1-8H,(H3,16,17)(H3,18,19)(H3,20,21,22);2*1H. The van der Waals surface area contributed by atoms with Crippen molar-refractivity contribution in [2.24, 2.45) is 22.2 Å². The molecule has 0 aliphatic heterocycles. The van der Waals surface area contributed by atoms with Crippen LogP contribution in [0.4, 0.5) is 11.4 Å². The van der Waals surface area contributed by atoms with E-state index >= 15 is 0 Å². The molecule has 0 saturated heterocycles. The van der Waals surface area contributed by atoms with Crippen molar-refractivity contribution in [1.29, 1.82) is 10.8 Å². The number of hydrogen-bond acceptors (Lipinski definition) is 3. The molecule has 2 rings (SSSR count). The average Bonchev–Trinajstić information content (AvgIpc) is 2.48. The van der Waals surface area contributed by atoms with E-state index in [9.17, 15) is 0 Å². The summed E-state index contributed by atoms with van der Waals surface area (Å²) in [5.41, 5.74) is 19.3. The molecular formula is C15H19Cl2N7. The second-order valence-electron chi connectivity index (χ2n) is 4.57. The van der Waals surface area contributed by atoms with E-state index in [1.807, 2.05) is 0 Å². The maximum Gasteiger partial charge on any atom is 0.198 e. The van der Waals surface area contributed by atoms with Gasteiger partial charge in [0.05, 0.1) is 5.69 Å². The molecule has 0 saturated carbocycles. The van der Waals surface area contributed by atoms with E-state index in [-0.39, 0.29) is 42.4 Å². The Labute approximate surface area is 152 Å². The highest BCUT2D eigenvalue weighted by molar-refractivity contribution is 5.97. The highest BCUT2D eigenvalue weighted by Crippen LogP contribution is 2.14. The van der Waals surface area contributed by atoms with Crippen LogP contribution in [0.5, 0.6) is 0 Å². The molecular weight excluding hydrogens is 349 g/mol. The minimum Gasteiger partial charge on any atom is -0.384 e. The van der Waals surface area contributed by atoms with Crippen LogP contribution >= 0.6 is 24.8 Å². The average molecular weight is 368 g/mol. The van der Waals surface area contributed by atoms with Crippen LogP contribution in [0.15, 0.2) is 53.5 Å². The minimum absolute atomic E-state index is 0. The second-order valence-corrected chi connectivity index (χ2v) is 4.57. The van der Waals surface area contributed by atoms with Crippen molar-refractivity contribution in [1.82, 2.24) is 0 Å². The summed E-state index contributed by atoms with van der Waals surface area (Å²) in [4.78, 5) is 4.22. The fraction of sp³-hybridized carbons (Fsp3) is 0. The number of amidine groups is 2. The third kappa shape index (κ3) is 5.79. The first-order valence-corrected chi connectivity index (χ1v) is 6.46. The fourth-order valence-corrected chi connectivity index (χ4v) is 1.76. The molecule has 9 N–H and O–H groups in total. The molecule has 0 bridgehead atoms. The molecule has 2 aromatic rings. The number of benzene rings is 2. The number of nitrogens with zero attached hydrogens (tertiary/aromatic N) is 1. The Morgan fingerprint density at radius 1 is 0.750 bits per heavy atom. The molecule has 24 heavy (non-hydrogen) atoms. The zero-order chi connectivity index (χ0) is 16.1. The Balaban J connectivity index is 0.00000264. The van der Waals surface area contributed by atoms with Gasteiger partial charge in [-0.2, -0.15) is 0 Å². The van der Waals surface area contributed by atoms with Gasteiger partial charge in [-0.05, 0) is 48.5 Å². The van der Waals surface area contributed by atoms with Gasteiger partial charge < -0.3 is 22.5 Å². The molecule has 0 aliphatic carbocycles. The van der Waals surface area contributed by atoms with E-state index in [4.69, 9.17) is 28.0 Å². The first kappa shape index (κ1) is 21.2. The number of rotatable bonds is 4. The number of anilines is 1. The lowest BCUT2D eigenvalue weighted by Crippen LogP contribution is -2.22. The van der Waals surface area contributed by atoms with Crippen LogP contribution in [0.1, 0.15) is 11.1 Å². The lowest BCUT2D eigenvalue weighted by atomic mass is 10.2. The zero-order valence-electron chi connectivity index (χ0n) is 12.6. The van der Waals surface area contributed by atoms with Crippen LogP contribution in [0, 0.1) is 10.8 Å². The normalized spacial score (nSPS) is 10.1. The van der Waals surface area contributed by atoms with E-state index in [0.717, 1.165) is 5.69 Å². The number of guanidine groups is 1. The fourth-order valence-electron chi connectivity index (χ4n) is 1.76. The molecule has 128 valence electrons. The number of nitrogen functional groups attached to an aromatic ring is 2. The van der Waals surface area contributed by atoms with Crippen molar-refractivity contribution >= 4 is 53.8 Å². The lowest BCUT2D eigenvalue weighted by Gasteiger charge is -2.06. The van der Waals surface area contributed by atoms with Crippen molar-refractivity contribution < 1.29 is 0 Å². The molecule has 9 heteroatoms. The molecule has 2 aromatic carbocycles. The number of aliphatic imine (C=N–C) groups is 1. The summed E-state index contributed by atoms with van der Waals surface area (Å²) in [5.74, 6) is 0.247. The number of nitrogens with two attached hydrogens (primary N) is 3. The third-order valence-electron chi connectivity index (χ3n) is 2.90. The summed E-state index contributed by atoms with van der Waals surface area (Å²) in [6.45, 7) is 0. The highest BCUT2D eigenvalue weighted by Gasteiger charge is 2.00. The predicted molar refractivity (Wildman–Crippen MR) is 104 cm³/mol. The monoisotopic (exact) mass is 367 g/mol. The summed E-state index contributed by atoms with van der Waals surface area (Å²) >= 11 is 0. The van der Waals surface area contributed by atoms with Crippen LogP contribution in [0.2, 0.25) is 0 Å². The van der Waals surface area contributed by atoms with Crippen LogP contribution < -0.4 is 22.5 Å². The van der Waals surface area contributed by atoms with Gasteiger partial charge in [-0.25, -0.2) is 4.99 Å². The van der Waals surface area contributed by atoms with Crippen molar-refractivity contribution in [2.75, 3.05) is 5.32 Å². The molecule has 7 nitrogen and oxygen atoms in total. The smallest absolute Gasteiger partial charge is 0.198 e. The van der Waals surface area contributed by atoms with E-state index in [2.05, 4.69) is 10.3 Å². The summed E-state index contributed by atoms with van der Waals surface area (Å²) in [6.07, 6.45) is 0. The first-order chi connectivity index (χ1) is 10.5. The van der Waals surface area contributed by atoms with Gasteiger partial charge in [-0.1, -0.05) is 0 Å². The SMILES string of the molecule is Cl.Cl.N=C(N)c1ccc(N=C(N)Nc2ccc(C(=N)N)cc2)cc1. The first-order valence-electron chi connectivity index (χ1n) is 6.46. The van der Waals surface area contributed by atoms with Gasteiger partial charge in [0.15, 0.2) is 5.96 Å². The highest BCUT2D eigenvalue weighted by atomic mass is 35.5. The lowest BCUT2D eigenvalue weighted by molar-refractivity contribution is 1.40. The molecule has 0 atom stereocenters. The number of halogens is 2. The van der Waals surface area contributed by atoms with Gasteiger partial charge in [0.25, 0.3) is 0 Å². The van der Waals surface area contributed by atoms with Crippen molar-refractivity contribution in [3.63, 3.8) is 0 Å². The Hall–Kier alpha value is -2.77. The summed E-state index contributed by atoms with van der Waals surface area (Å²) in [7, 11) is 0. The van der Waals surface area contributed by atoms with Gasteiger partial charge in [-0.15, -0.1) is 24.8 Å². The molecule has 0 aliphatic rings. The second kappa shape index (κ2) is 9.39. The predicted octanol–water partition coefficient (Wildman–Crippen LogP) is 2.16. The van der Waals surface area contributed by atoms with Crippen molar-refractivity contribution in [3.05, 3.63) is 59.7 Å². The van der Waals surface area contributed by atoms with E-state index in [0.29, 0.717) is 16.8 Å². The van der Waals surface area contributed by atoms with Crippen LogP contribution in [-0.4, -0.2) is 17.6 Å². The molecule has 0 unspecified atom stereocenters. The molecule has 0 spiro atoms. The molecule has 0 fully saturated rings. The Morgan fingerprint density at radius 3 is 1.58 bits per heavy atom. The van der Waals surface area contributed by atoms with Crippen molar-refractivity contribution in [3.8, 4) is 0 Å². The van der Waals surface area contributed by atoms with Crippen molar-refractivity contribution in [2.45, 2.75) is 0 Å². The van der Waals surface area contributed by atoms with E-state index < -0.39 is 0 Å². The molecule has 0 aromatic heterocycles. The van der Waals surface area contributed by atoms with Gasteiger partial charge in [0.1, 0.15) is 11.7 Å². The van der Waals surface area contributed by atoms with Crippen LogP contribution in [0.3, 0.4) is 0 Å². The summed E-state index contributed by atoms with van der Waals surface area (Å²) in [6, 6.07) is 13.8. The van der Waals surface area contributed by atoms with Crippen LogP contribution in [-0.2, 0) is 0 Å². The number of nitrogens with one attached hydrogen (secondary N) is 3. The minimum atomic E-state index is 0. The molecule has 0 heterocycles. The molecule has 0 radical (unpaired) electrons. The molecule has 0 amide bonds. The van der Waals surface area contributed by atoms with Gasteiger partial charge in [0.2, 0.25) is 0 Å². The maximum atomic E-state index is 7.33. The number of hydrogen-bond donors (Lipinski definition) is 6. The Kier molecular flexibility index (Phi) is 8.30. The summed E-state index contributed by atoms with van der Waals surface area (Å²) in [5, 5.41) is 17.6.